The van der Waals surface area contributed by atoms with E-state index in [4.69, 9.17) is 25.5 Å². The molecule has 4 aromatic rings. The normalized spacial score (nSPS) is 11.5. The number of anilines is 1. The van der Waals surface area contributed by atoms with Crippen LogP contribution in [-0.2, 0) is 4.79 Å². The maximum atomic E-state index is 12.8. The second kappa shape index (κ2) is 10.1. The summed E-state index contributed by atoms with van der Waals surface area (Å²) in [5.74, 6) is 1.17. The molecule has 1 aromatic heterocycles. The minimum Gasteiger partial charge on any atom is -0.496 e. The number of rotatable bonds is 7. The molecule has 0 fully saturated rings. The predicted octanol–water partition coefficient (Wildman–Crippen LogP) is 7.51. The fourth-order valence-corrected chi connectivity index (χ4v) is 4.20. The van der Waals surface area contributed by atoms with Crippen LogP contribution in [0.3, 0.4) is 0 Å². The Balaban J connectivity index is 1.82. The Morgan fingerprint density at radius 2 is 1.85 bits per heavy atom. The molecule has 3 aromatic carbocycles. The van der Waals surface area contributed by atoms with Crippen molar-refractivity contribution in [1.82, 2.24) is 0 Å². The number of hydrogen-bond donors (Lipinski definition) is 1. The lowest BCUT2D eigenvalue weighted by Gasteiger charge is -2.15. The van der Waals surface area contributed by atoms with E-state index in [-0.39, 0.29) is 5.91 Å². The number of furan rings is 1. The average molecular weight is 476 g/mol. The highest BCUT2D eigenvalue weighted by molar-refractivity contribution is 6.33. The maximum absolute atomic E-state index is 12.8. The van der Waals surface area contributed by atoms with Gasteiger partial charge in [-0.05, 0) is 50.6 Å². The Labute approximate surface area is 203 Å². The zero-order valence-electron chi connectivity index (χ0n) is 19.6. The SMILES string of the molecule is CCOc1c(/C(C)=C/C(=O)Nc2ccccc2Cl)cc2c(-c3ccccc3OC)coc2c1C. The van der Waals surface area contributed by atoms with Crippen LogP contribution in [0.2, 0.25) is 5.02 Å². The quantitative estimate of drug-likeness (QED) is 0.281. The first kappa shape index (κ1) is 23.5. The van der Waals surface area contributed by atoms with Crippen LogP contribution in [-0.4, -0.2) is 19.6 Å². The van der Waals surface area contributed by atoms with E-state index in [2.05, 4.69) is 5.32 Å². The predicted molar refractivity (Wildman–Crippen MR) is 138 cm³/mol. The molecular weight excluding hydrogens is 450 g/mol. The molecule has 6 heteroatoms. The van der Waals surface area contributed by atoms with Crippen molar-refractivity contribution in [1.29, 1.82) is 0 Å². The minimum absolute atomic E-state index is 0.275. The first-order valence-electron chi connectivity index (χ1n) is 11.0. The van der Waals surface area contributed by atoms with Crippen molar-refractivity contribution in [3.05, 3.63) is 83.1 Å². The molecule has 1 N–H and O–H groups in total. The van der Waals surface area contributed by atoms with Crippen LogP contribution < -0.4 is 14.8 Å². The van der Waals surface area contributed by atoms with E-state index in [9.17, 15) is 4.79 Å². The van der Waals surface area contributed by atoms with E-state index >= 15 is 0 Å². The third kappa shape index (κ3) is 4.52. The maximum Gasteiger partial charge on any atom is 0.248 e. The molecule has 0 aliphatic heterocycles. The molecule has 34 heavy (non-hydrogen) atoms. The zero-order valence-corrected chi connectivity index (χ0v) is 20.3. The number of hydrogen-bond acceptors (Lipinski definition) is 4. The summed E-state index contributed by atoms with van der Waals surface area (Å²) in [5, 5.41) is 4.24. The van der Waals surface area contributed by atoms with Crippen LogP contribution >= 0.6 is 11.6 Å². The number of methoxy groups -OCH3 is 1. The molecule has 1 amide bonds. The fraction of sp³-hybridized carbons (Fsp3) is 0.179. The third-order valence-corrected chi connectivity index (χ3v) is 5.96. The number of carbonyl (C=O) groups is 1. The lowest BCUT2D eigenvalue weighted by Crippen LogP contribution is -2.09. The van der Waals surface area contributed by atoms with Crippen molar-refractivity contribution in [2.24, 2.45) is 0 Å². The summed E-state index contributed by atoms with van der Waals surface area (Å²) in [6.45, 7) is 6.26. The van der Waals surface area contributed by atoms with Gasteiger partial charge in [0.2, 0.25) is 5.91 Å². The summed E-state index contributed by atoms with van der Waals surface area (Å²) < 4.78 is 17.5. The fourth-order valence-electron chi connectivity index (χ4n) is 4.02. The van der Waals surface area contributed by atoms with Gasteiger partial charge in [-0.15, -0.1) is 0 Å². The molecule has 0 radical (unpaired) electrons. The molecule has 4 rings (SSSR count). The van der Waals surface area contributed by atoms with Crippen molar-refractivity contribution in [2.75, 3.05) is 19.0 Å². The summed E-state index contributed by atoms with van der Waals surface area (Å²) in [4.78, 5) is 12.8. The highest BCUT2D eigenvalue weighted by atomic mass is 35.5. The van der Waals surface area contributed by atoms with Gasteiger partial charge in [-0.25, -0.2) is 0 Å². The van der Waals surface area contributed by atoms with E-state index in [1.54, 1.807) is 31.6 Å². The van der Waals surface area contributed by atoms with Gasteiger partial charge in [0.1, 0.15) is 17.1 Å². The van der Waals surface area contributed by atoms with E-state index in [1.165, 1.54) is 0 Å². The first-order valence-corrected chi connectivity index (χ1v) is 11.4. The van der Waals surface area contributed by atoms with Gasteiger partial charge >= 0.3 is 0 Å². The summed E-state index contributed by atoms with van der Waals surface area (Å²) >= 11 is 6.19. The molecule has 174 valence electrons. The van der Waals surface area contributed by atoms with Crippen molar-refractivity contribution in [2.45, 2.75) is 20.8 Å². The Bertz CT molecular complexity index is 1390. The van der Waals surface area contributed by atoms with E-state index in [1.807, 2.05) is 63.2 Å². The number of aryl methyl sites for hydroxylation is 1. The third-order valence-electron chi connectivity index (χ3n) is 5.63. The lowest BCUT2D eigenvalue weighted by atomic mass is 9.96. The number of amides is 1. The van der Waals surface area contributed by atoms with Gasteiger partial charge in [0.15, 0.2) is 0 Å². The van der Waals surface area contributed by atoms with Gasteiger partial charge in [-0.2, -0.15) is 0 Å². The van der Waals surface area contributed by atoms with Crippen LogP contribution in [0.1, 0.15) is 25.0 Å². The molecule has 0 aliphatic rings. The van der Waals surface area contributed by atoms with Gasteiger partial charge in [0.25, 0.3) is 0 Å². The Kier molecular flexibility index (Phi) is 6.94. The van der Waals surface area contributed by atoms with E-state index in [0.29, 0.717) is 23.1 Å². The highest BCUT2D eigenvalue weighted by Crippen LogP contribution is 2.42. The summed E-state index contributed by atoms with van der Waals surface area (Å²) in [7, 11) is 1.65. The summed E-state index contributed by atoms with van der Waals surface area (Å²) in [5.41, 5.74) is 5.58. The van der Waals surface area contributed by atoms with Crippen molar-refractivity contribution in [3.8, 4) is 22.6 Å². The van der Waals surface area contributed by atoms with Crippen LogP contribution in [0.25, 0.3) is 27.7 Å². The molecule has 0 unspecified atom stereocenters. The number of ether oxygens (including phenoxy) is 2. The number of para-hydroxylation sites is 2. The van der Waals surface area contributed by atoms with Gasteiger partial charge < -0.3 is 19.2 Å². The van der Waals surface area contributed by atoms with E-state index in [0.717, 1.165) is 44.5 Å². The molecule has 0 saturated heterocycles. The number of carbonyl (C=O) groups excluding carboxylic acids is 1. The molecule has 0 saturated carbocycles. The Morgan fingerprint density at radius 3 is 2.59 bits per heavy atom. The van der Waals surface area contributed by atoms with Gasteiger partial charge in [0.05, 0.1) is 30.7 Å². The number of nitrogens with one attached hydrogen (secondary N) is 1. The zero-order chi connectivity index (χ0) is 24.2. The van der Waals surface area contributed by atoms with Crippen molar-refractivity contribution >= 4 is 39.7 Å². The monoisotopic (exact) mass is 475 g/mol. The second-order valence-electron chi connectivity index (χ2n) is 7.83. The highest BCUT2D eigenvalue weighted by Gasteiger charge is 2.20. The molecule has 5 nitrogen and oxygen atoms in total. The van der Waals surface area contributed by atoms with Crippen LogP contribution in [0.5, 0.6) is 11.5 Å². The van der Waals surface area contributed by atoms with Gasteiger partial charge in [-0.3, -0.25) is 4.79 Å². The molecule has 0 spiro atoms. The largest absolute Gasteiger partial charge is 0.496 e. The topological polar surface area (TPSA) is 60.7 Å². The lowest BCUT2D eigenvalue weighted by molar-refractivity contribution is -0.111. The van der Waals surface area contributed by atoms with Gasteiger partial charge in [0, 0.05) is 33.7 Å². The number of benzene rings is 3. The van der Waals surface area contributed by atoms with Crippen LogP contribution in [0.4, 0.5) is 5.69 Å². The Morgan fingerprint density at radius 1 is 1.12 bits per heavy atom. The second-order valence-corrected chi connectivity index (χ2v) is 8.24. The molecule has 0 bridgehead atoms. The number of fused-ring (bicyclic) bond motifs is 1. The van der Waals surface area contributed by atoms with Crippen LogP contribution in [0, 0.1) is 6.92 Å². The summed E-state index contributed by atoms with van der Waals surface area (Å²) in [6.07, 6.45) is 3.29. The Hall–Kier alpha value is -3.70. The minimum atomic E-state index is -0.275. The molecule has 0 aliphatic carbocycles. The van der Waals surface area contributed by atoms with Crippen molar-refractivity contribution < 1.29 is 18.7 Å². The number of halogens is 1. The summed E-state index contributed by atoms with van der Waals surface area (Å²) in [6, 6.07) is 16.9. The average Bonchev–Trinajstić information content (AvgIpc) is 3.26. The first-order chi connectivity index (χ1) is 16.4. The molecule has 0 atom stereocenters. The molecular formula is C28H26ClNO4. The van der Waals surface area contributed by atoms with Crippen molar-refractivity contribution in [3.63, 3.8) is 0 Å². The van der Waals surface area contributed by atoms with Gasteiger partial charge in [-0.1, -0.05) is 41.9 Å². The number of allylic oxidation sites excluding steroid dienone is 1. The smallest absolute Gasteiger partial charge is 0.248 e. The standard InChI is InChI=1S/C28H26ClNO4/c1-5-33-27-18(3)28-21(22(16-34-28)19-10-6-9-13-25(19)32-4)15-20(27)17(2)14-26(31)30-24-12-8-7-11-23(24)29/h6-16H,5H2,1-4H3,(H,30,31)/b17-14+. The molecule has 1 heterocycles. The van der Waals surface area contributed by atoms with Crippen LogP contribution in [0.15, 0.2) is 71.4 Å². The van der Waals surface area contributed by atoms with E-state index < -0.39 is 0 Å².